The Morgan fingerprint density at radius 3 is 2.28 bits per heavy atom. The van der Waals surface area contributed by atoms with Crippen molar-refractivity contribution in [1.29, 1.82) is 0 Å². The number of hydrogen-bond donors (Lipinski definition) is 1. The lowest BCUT2D eigenvalue weighted by Crippen LogP contribution is -2.47. The molecule has 1 saturated heterocycles. The summed E-state index contributed by atoms with van der Waals surface area (Å²) >= 11 is 0. The maximum absolute atomic E-state index is 14.4. The zero-order chi connectivity index (χ0) is 33.4. The highest BCUT2D eigenvalue weighted by atomic mass is 32.2. The molecule has 13 heteroatoms. The number of carboxylic acids is 1. The van der Waals surface area contributed by atoms with E-state index in [2.05, 4.69) is 9.48 Å². The highest BCUT2D eigenvalue weighted by molar-refractivity contribution is 7.89. The molecule has 0 aromatic heterocycles. The highest BCUT2D eigenvalue weighted by Crippen LogP contribution is 2.44. The molecule has 0 amide bonds. The van der Waals surface area contributed by atoms with E-state index in [-0.39, 0.29) is 18.5 Å². The first-order chi connectivity index (χ1) is 21.8. The number of rotatable bonds is 10. The van der Waals surface area contributed by atoms with Crippen LogP contribution < -0.4 is 14.8 Å². The number of anilines is 1. The first-order valence-electron chi connectivity index (χ1n) is 15.5. The second kappa shape index (κ2) is 13.1. The van der Waals surface area contributed by atoms with Crippen LogP contribution in [-0.4, -0.2) is 75.5 Å². The molecule has 2 heterocycles. The second-order valence-electron chi connectivity index (χ2n) is 11.3. The summed E-state index contributed by atoms with van der Waals surface area (Å²) in [6.07, 6.45) is 1.09. The van der Waals surface area contributed by atoms with Gasteiger partial charge in [0.15, 0.2) is 0 Å². The minimum absolute atomic E-state index is 0.0564. The van der Waals surface area contributed by atoms with E-state index in [4.69, 9.17) is 4.42 Å². The molecule has 1 aliphatic carbocycles. The highest BCUT2D eigenvalue weighted by Gasteiger charge is 2.39. The molecule has 0 radical (unpaired) electrons. The number of hydrogen-bond acceptors (Lipinski definition) is 8. The van der Waals surface area contributed by atoms with Crippen LogP contribution in [0.25, 0.3) is 33.4 Å². The fraction of sp³-hybridized carbons (Fsp3) is 0.394. The predicted octanol–water partition coefficient (Wildman–Crippen LogP) is 4.39. The Bertz CT molecular complexity index is 2040. The zero-order valence-corrected chi connectivity index (χ0v) is 28.0. The smallest absolute Gasteiger partial charge is 0.322 e. The van der Waals surface area contributed by atoms with Crippen molar-refractivity contribution in [3.63, 3.8) is 0 Å². The van der Waals surface area contributed by atoms with Crippen molar-refractivity contribution in [2.75, 3.05) is 37.6 Å². The second-order valence-corrected chi connectivity index (χ2v) is 14.5. The molecule has 0 bridgehead atoms. The van der Waals surface area contributed by atoms with Gasteiger partial charge in [0.05, 0.1) is 15.9 Å². The molecule has 1 fully saturated rings. The standard InChI is InChI=1S/C33H39N3O8S2/c1-5-34(6-2)22-12-15-25-29(19-22)44-30-20-23(35(7-3)8-4)13-16-26(30)32(25)27-17-14-24(46(41,42)43)21-31(27)45(39,40)36-18-10-9-11-28(36)33(37)38/h12-17,19-21,28H,5-11,18H2,1-4H3,(H-,37,38,41,42,43). The van der Waals surface area contributed by atoms with Crippen LogP contribution in [0.5, 0.6) is 0 Å². The molecular formula is C33H39N3O8S2. The van der Waals surface area contributed by atoms with Gasteiger partial charge < -0.3 is 19.0 Å². The number of fused-ring (bicyclic) bond motifs is 2. The molecule has 246 valence electrons. The van der Waals surface area contributed by atoms with Crippen LogP contribution in [0.2, 0.25) is 0 Å². The first-order valence-corrected chi connectivity index (χ1v) is 18.4. The lowest BCUT2D eigenvalue weighted by molar-refractivity contribution is -0.142. The van der Waals surface area contributed by atoms with Crippen molar-refractivity contribution >= 4 is 42.8 Å². The molecule has 2 aromatic carbocycles. The summed E-state index contributed by atoms with van der Waals surface area (Å²) in [7, 11) is -9.66. The van der Waals surface area contributed by atoms with Gasteiger partial charge in [-0.25, -0.2) is 21.4 Å². The molecule has 1 unspecified atom stereocenters. The Morgan fingerprint density at radius 2 is 1.65 bits per heavy atom. The maximum Gasteiger partial charge on any atom is 0.322 e. The topological polar surface area (TPSA) is 151 Å². The van der Waals surface area contributed by atoms with E-state index in [9.17, 15) is 31.3 Å². The third-order valence-corrected chi connectivity index (χ3v) is 11.6. The van der Waals surface area contributed by atoms with E-state index in [1.165, 1.54) is 6.07 Å². The minimum atomic E-state index is -5.05. The van der Waals surface area contributed by atoms with Gasteiger partial charge in [0.2, 0.25) is 15.4 Å². The summed E-state index contributed by atoms with van der Waals surface area (Å²) in [6.45, 7) is 11.1. The third-order valence-electron chi connectivity index (χ3n) is 8.78. The number of carboxylic acid groups (broad SMARTS) is 1. The van der Waals surface area contributed by atoms with Gasteiger partial charge in [-0.1, -0.05) is 6.07 Å². The van der Waals surface area contributed by atoms with E-state index in [1.807, 2.05) is 64.1 Å². The third kappa shape index (κ3) is 6.16. The van der Waals surface area contributed by atoms with Crippen LogP contribution in [0.1, 0.15) is 47.0 Å². The van der Waals surface area contributed by atoms with Crippen LogP contribution in [0, 0.1) is 0 Å². The van der Waals surface area contributed by atoms with E-state index >= 15 is 0 Å². The lowest BCUT2D eigenvalue weighted by atomic mass is 9.93. The fourth-order valence-electron chi connectivity index (χ4n) is 6.37. The summed E-state index contributed by atoms with van der Waals surface area (Å²) in [5.74, 6) is -0.812. The summed E-state index contributed by atoms with van der Waals surface area (Å²) in [5.41, 5.74) is 2.56. The van der Waals surface area contributed by atoms with Crippen molar-refractivity contribution in [3.05, 3.63) is 60.0 Å². The Kier molecular flexibility index (Phi) is 9.60. The largest absolute Gasteiger partial charge is 0.744 e. The predicted molar refractivity (Wildman–Crippen MR) is 175 cm³/mol. The van der Waals surface area contributed by atoms with Gasteiger partial charge in [-0.3, -0.25) is 4.79 Å². The summed E-state index contributed by atoms with van der Waals surface area (Å²) in [6, 6.07) is 13.3. The maximum atomic E-state index is 14.4. The van der Waals surface area contributed by atoms with Crippen molar-refractivity contribution in [2.24, 2.45) is 0 Å². The molecule has 5 rings (SSSR count). The Hall–Kier alpha value is -3.78. The lowest BCUT2D eigenvalue weighted by Gasteiger charge is -2.32. The monoisotopic (exact) mass is 669 g/mol. The fourth-order valence-corrected chi connectivity index (χ4v) is 8.82. The van der Waals surface area contributed by atoms with Crippen LogP contribution in [0.3, 0.4) is 0 Å². The van der Waals surface area contributed by atoms with Crippen LogP contribution in [0.15, 0.2) is 68.8 Å². The quantitative estimate of drug-likeness (QED) is 0.147. The molecule has 0 saturated carbocycles. The van der Waals surface area contributed by atoms with E-state index in [1.54, 1.807) is 0 Å². The molecule has 3 aliphatic rings. The average molecular weight is 670 g/mol. The molecule has 2 aliphatic heterocycles. The molecule has 0 spiro atoms. The van der Waals surface area contributed by atoms with Crippen molar-refractivity contribution < 1.29 is 35.7 Å². The van der Waals surface area contributed by atoms with Crippen LogP contribution in [-0.2, 0) is 24.9 Å². The first kappa shape index (κ1) is 33.6. The Morgan fingerprint density at radius 1 is 0.957 bits per heavy atom. The number of aliphatic carboxylic acids is 1. The normalized spacial score (nSPS) is 16.2. The summed E-state index contributed by atoms with van der Waals surface area (Å²) in [5, 5.41) is 11.4. The van der Waals surface area contributed by atoms with Crippen LogP contribution in [0.4, 0.5) is 5.69 Å². The van der Waals surface area contributed by atoms with Gasteiger partial charge >= 0.3 is 5.97 Å². The number of piperidine rings is 1. The van der Waals surface area contributed by atoms with Crippen molar-refractivity contribution in [2.45, 2.75) is 62.8 Å². The molecule has 1 N–H and O–H groups in total. The minimum Gasteiger partial charge on any atom is -0.744 e. The molecule has 2 aromatic rings. The molecular weight excluding hydrogens is 631 g/mol. The summed E-state index contributed by atoms with van der Waals surface area (Å²) in [4.78, 5) is 13.2. The number of benzene rings is 3. The van der Waals surface area contributed by atoms with E-state index < -0.39 is 41.9 Å². The molecule has 11 nitrogen and oxygen atoms in total. The SMILES string of the molecule is CCN(CC)c1ccc2c(-c3ccc(S(=O)(=O)[O-])cc3S(=O)(=O)N3CCCCC3C(=O)O)c3ccc(=[N+](CC)CC)cc-3oc2c1. The van der Waals surface area contributed by atoms with E-state index in [0.717, 1.165) is 53.7 Å². The van der Waals surface area contributed by atoms with Gasteiger partial charge in [0, 0.05) is 59.5 Å². The number of carbonyl (C=O) groups is 1. The van der Waals surface area contributed by atoms with Gasteiger partial charge in [0.25, 0.3) is 0 Å². The van der Waals surface area contributed by atoms with E-state index in [0.29, 0.717) is 40.7 Å². The molecule has 46 heavy (non-hydrogen) atoms. The Labute approximate surface area is 269 Å². The molecule has 1 atom stereocenters. The van der Waals surface area contributed by atoms with Crippen LogP contribution >= 0.6 is 0 Å². The van der Waals surface area contributed by atoms with Crippen molar-refractivity contribution in [3.8, 4) is 22.5 Å². The average Bonchev–Trinajstić information content (AvgIpc) is 3.04. The van der Waals surface area contributed by atoms with Gasteiger partial charge in [-0.05, 0) is 77.3 Å². The van der Waals surface area contributed by atoms with Gasteiger partial charge in [-0.15, -0.1) is 0 Å². The number of sulfonamides is 1. The van der Waals surface area contributed by atoms with Gasteiger partial charge in [0.1, 0.15) is 40.6 Å². The summed E-state index contributed by atoms with van der Waals surface area (Å²) < 4.78 is 74.9. The Balaban J connectivity index is 1.91. The zero-order valence-electron chi connectivity index (χ0n) is 26.4. The van der Waals surface area contributed by atoms with Gasteiger partial charge in [-0.2, -0.15) is 4.31 Å². The van der Waals surface area contributed by atoms with Crippen molar-refractivity contribution in [1.82, 2.24) is 8.88 Å². The number of nitrogens with zero attached hydrogens (tertiary/aromatic N) is 3.